The molecule has 0 bridgehead atoms. The van der Waals surface area contributed by atoms with Gasteiger partial charge in [0, 0.05) is 18.5 Å². The third-order valence-corrected chi connectivity index (χ3v) is 3.67. The summed E-state index contributed by atoms with van der Waals surface area (Å²) in [6.07, 6.45) is 1.73. The molecule has 1 fully saturated rings. The number of ether oxygens (including phenoxy) is 1. The number of benzene rings is 1. The monoisotopic (exact) mass is 287 g/mol. The Kier molecular flexibility index (Phi) is 5.65. The first-order valence-corrected chi connectivity index (χ1v) is 7.33. The van der Waals surface area contributed by atoms with Crippen LogP contribution in [0.5, 0.6) is 5.75 Å². The number of aliphatic hydroxyl groups is 1. The number of carbonyl (C=O) groups is 1. The third kappa shape index (κ3) is 4.51. The van der Waals surface area contributed by atoms with Crippen molar-refractivity contribution in [1.29, 1.82) is 0 Å². The van der Waals surface area contributed by atoms with Crippen molar-refractivity contribution in [2.75, 3.05) is 26.3 Å². The minimum Gasteiger partial charge on any atom is -0.492 e. The van der Waals surface area contributed by atoms with Gasteiger partial charge in [0.2, 0.25) is 5.91 Å². The topological polar surface area (TPSA) is 49.8 Å². The van der Waals surface area contributed by atoms with Crippen molar-refractivity contribution < 1.29 is 14.6 Å². The van der Waals surface area contributed by atoms with E-state index in [1.165, 1.54) is 0 Å². The zero-order chi connectivity index (χ0) is 15.1. The van der Waals surface area contributed by atoms with Gasteiger partial charge in [-0.3, -0.25) is 4.79 Å². The van der Waals surface area contributed by atoms with E-state index in [-0.39, 0.29) is 12.5 Å². The van der Waals surface area contributed by atoms with Gasteiger partial charge in [-0.05, 0) is 30.2 Å². The van der Waals surface area contributed by atoms with Crippen LogP contribution < -0.4 is 4.74 Å². The fraction of sp³-hybridized carbons (Fsp3) is 0.471. The average Bonchev–Trinajstić information content (AvgIpc) is 2.87. The number of aliphatic hydroxyl groups excluding tert-OH is 1. The van der Waals surface area contributed by atoms with Crippen molar-refractivity contribution in [3.8, 4) is 17.6 Å². The van der Waals surface area contributed by atoms with Crippen molar-refractivity contribution in [3.05, 3.63) is 29.8 Å². The van der Waals surface area contributed by atoms with Crippen LogP contribution in [0.15, 0.2) is 24.3 Å². The average molecular weight is 287 g/mol. The molecule has 4 nitrogen and oxygen atoms in total. The van der Waals surface area contributed by atoms with Crippen molar-refractivity contribution >= 4 is 5.91 Å². The Morgan fingerprint density at radius 3 is 2.76 bits per heavy atom. The molecule has 0 spiro atoms. The SMILES string of the molecule is CCC1CC(=O)N(CCOc2ccc(C#CCO)cc2)C1. The summed E-state index contributed by atoms with van der Waals surface area (Å²) >= 11 is 0. The molecular weight excluding hydrogens is 266 g/mol. The van der Waals surface area contributed by atoms with Crippen molar-refractivity contribution in [2.45, 2.75) is 19.8 Å². The Bertz CT molecular complexity index is 527. The molecule has 21 heavy (non-hydrogen) atoms. The summed E-state index contributed by atoms with van der Waals surface area (Å²) in [5, 5.41) is 8.63. The van der Waals surface area contributed by atoms with Crippen LogP contribution in [0.2, 0.25) is 0 Å². The quantitative estimate of drug-likeness (QED) is 0.838. The lowest BCUT2D eigenvalue weighted by Gasteiger charge is -2.16. The van der Waals surface area contributed by atoms with Crippen LogP contribution in [-0.4, -0.2) is 42.2 Å². The van der Waals surface area contributed by atoms with E-state index in [2.05, 4.69) is 18.8 Å². The van der Waals surface area contributed by atoms with Crippen LogP contribution in [0.3, 0.4) is 0 Å². The van der Waals surface area contributed by atoms with Crippen LogP contribution >= 0.6 is 0 Å². The predicted octanol–water partition coefficient (Wildman–Crippen LogP) is 1.67. The molecule has 2 rings (SSSR count). The molecule has 1 N–H and O–H groups in total. The fourth-order valence-electron chi connectivity index (χ4n) is 2.39. The van der Waals surface area contributed by atoms with Gasteiger partial charge in [-0.15, -0.1) is 0 Å². The lowest BCUT2D eigenvalue weighted by molar-refractivity contribution is -0.128. The van der Waals surface area contributed by atoms with Crippen LogP contribution in [0.4, 0.5) is 0 Å². The van der Waals surface area contributed by atoms with E-state index >= 15 is 0 Å². The van der Waals surface area contributed by atoms with Crippen molar-refractivity contribution in [1.82, 2.24) is 4.90 Å². The molecule has 1 aliphatic heterocycles. The molecule has 1 atom stereocenters. The van der Waals surface area contributed by atoms with Crippen LogP contribution in [0, 0.1) is 17.8 Å². The molecule has 0 aromatic heterocycles. The molecule has 1 aliphatic rings. The van der Waals surface area contributed by atoms with E-state index in [9.17, 15) is 4.79 Å². The standard InChI is InChI=1S/C17H21NO3/c1-2-14-12-17(20)18(13-14)9-11-21-16-7-5-15(6-8-16)4-3-10-19/h5-8,14,19H,2,9-13H2,1H3. The van der Waals surface area contributed by atoms with Crippen molar-refractivity contribution in [3.63, 3.8) is 0 Å². The summed E-state index contributed by atoms with van der Waals surface area (Å²) in [6.45, 7) is 3.99. The Balaban J connectivity index is 1.77. The van der Waals surface area contributed by atoms with Gasteiger partial charge in [-0.2, -0.15) is 0 Å². The molecular formula is C17H21NO3. The number of rotatable bonds is 5. The smallest absolute Gasteiger partial charge is 0.223 e. The minimum atomic E-state index is -0.138. The Labute approximate surface area is 125 Å². The molecule has 0 aliphatic carbocycles. The first-order valence-electron chi connectivity index (χ1n) is 7.33. The Hall–Kier alpha value is -1.99. The zero-order valence-corrected chi connectivity index (χ0v) is 12.3. The van der Waals surface area contributed by atoms with Gasteiger partial charge in [-0.1, -0.05) is 25.2 Å². The number of hydrogen-bond donors (Lipinski definition) is 1. The second-order valence-corrected chi connectivity index (χ2v) is 5.15. The molecule has 1 aromatic rings. The van der Waals surface area contributed by atoms with Gasteiger partial charge >= 0.3 is 0 Å². The van der Waals surface area contributed by atoms with Gasteiger partial charge in [0.1, 0.15) is 19.0 Å². The molecule has 0 saturated carbocycles. The maximum Gasteiger partial charge on any atom is 0.223 e. The van der Waals surface area contributed by atoms with Gasteiger partial charge in [0.05, 0.1) is 6.54 Å². The summed E-state index contributed by atoms with van der Waals surface area (Å²) in [5.41, 5.74) is 0.844. The number of carbonyl (C=O) groups excluding carboxylic acids is 1. The molecule has 112 valence electrons. The van der Waals surface area contributed by atoms with E-state index in [4.69, 9.17) is 9.84 Å². The fourth-order valence-corrected chi connectivity index (χ4v) is 2.39. The number of hydrogen-bond acceptors (Lipinski definition) is 3. The van der Waals surface area contributed by atoms with E-state index in [0.29, 0.717) is 25.5 Å². The molecule has 1 aromatic carbocycles. The first-order chi connectivity index (χ1) is 10.2. The zero-order valence-electron chi connectivity index (χ0n) is 12.3. The third-order valence-electron chi connectivity index (χ3n) is 3.67. The summed E-state index contributed by atoms with van der Waals surface area (Å²) in [4.78, 5) is 13.6. The van der Waals surface area contributed by atoms with E-state index in [1.807, 2.05) is 29.2 Å². The van der Waals surface area contributed by atoms with E-state index in [0.717, 1.165) is 24.3 Å². The summed E-state index contributed by atoms with van der Waals surface area (Å²) in [7, 11) is 0. The molecule has 1 heterocycles. The first kappa shape index (κ1) is 15.4. The largest absolute Gasteiger partial charge is 0.492 e. The lowest BCUT2D eigenvalue weighted by Crippen LogP contribution is -2.29. The lowest BCUT2D eigenvalue weighted by atomic mass is 10.1. The van der Waals surface area contributed by atoms with Crippen LogP contribution in [0.1, 0.15) is 25.3 Å². The van der Waals surface area contributed by atoms with E-state index < -0.39 is 0 Å². The highest BCUT2D eigenvalue weighted by atomic mass is 16.5. The highest BCUT2D eigenvalue weighted by Gasteiger charge is 2.27. The van der Waals surface area contributed by atoms with Crippen LogP contribution in [0.25, 0.3) is 0 Å². The second kappa shape index (κ2) is 7.70. The van der Waals surface area contributed by atoms with Crippen molar-refractivity contribution in [2.24, 2.45) is 5.92 Å². The summed E-state index contributed by atoms with van der Waals surface area (Å²) in [6, 6.07) is 7.41. The molecule has 1 unspecified atom stereocenters. The van der Waals surface area contributed by atoms with Crippen LogP contribution in [-0.2, 0) is 4.79 Å². The molecule has 0 radical (unpaired) electrons. The maximum absolute atomic E-state index is 11.8. The van der Waals surface area contributed by atoms with Gasteiger partial charge in [-0.25, -0.2) is 0 Å². The Morgan fingerprint density at radius 2 is 2.14 bits per heavy atom. The Morgan fingerprint density at radius 1 is 1.38 bits per heavy atom. The maximum atomic E-state index is 11.8. The highest BCUT2D eigenvalue weighted by Crippen LogP contribution is 2.20. The highest BCUT2D eigenvalue weighted by molar-refractivity contribution is 5.78. The molecule has 1 saturated heterocycles. The molecule has 1 amide bonds. The predicted molar refractivity (Wildman–Crippen MR) is 80.9 cm³/mol. The molecule has 4 heteroatoms. The second-order valence-electron chi connectivity index (χ2n) is 5.15. The summed E-state index contributed by atoms with van der Waals surface area (Å²) < 4.78 is 5.65. The van der Waals surface area contributed by atoms with Gasteiger partial charge in [0.25, 0.3) is 0 Å². The number of nitrogens with zero attached hydrogens (tertiary/aromatic N) is 1. The van der Waals surface area contributed by atoms with Gasteiger partial charge in [0.15, 0.2) is 0 Å². The minimum absolute atomic E-state index is 0.138. The summed E-state index contributed by atoms with van der Waals surface area (Å²) in [5.74, 6) is 6.94. The number of likely N-dealkylation sites (tertiary alicyclic amines) is 1. The number of amides is 1. The van der Waals surface area contributed by atoms with Gasteiger partial charge < -0.3 is 14.7 Å². The van der Waals surface area contributed by atoms with E-state index in [1.54, 1.807) is 0 Å². The normalized spacial score (nSPS) is 17.5.